The lowest BCUT2D eigenvalue weighted by molar-refractivity contribution is -0.0521. The topological polar surface area (TPSA) is 40.5 Å². The highest BCUT2D eigenvalue weighted by atomic mass is 16.3. The molecule has 4 aliphatic rings. The second-order valence-electron chi connectivity index (χ2n) is 12.6. The highest BCUT2D eigenvalue weighted by Gasteiger charge is 2.58. The fourth-order valence-electron chi connectivity index (χ4n) is 9.21. The number of aliphatic hydroxyl groups excluding tert-OH is 1. The lowest BCUT2D eigenvalue weighted by Gasteiger charge is -2.58. The van der Waals surface area contributed by atoms with Gasteiger partial charge >= 0.3 is 0 Å². The fraction of sp³-hybridized carbons (Fsp3) is 0.931. The molecule has 2 heteroatoms. The van der Waals surface area contributed by atoms with Crippen molar-refractivity contribution in [3.63, 3.8) is 0 Å². The van der Waals surface area contributed by atoms with Crippen molar-refractivity contribution < 1.29 is 10.2 Å². The van der Waals surface area contributed by atoms with Crippen LogP contribution in [0.3, 0.4) is 0 Å². The van der Waals surface area contributed by atoms with Gasteiger partial charge in [-0.2, -0.15) is 0 Å². The average molecular weight is 431 g/mol. The molecule has 0 spiro atoms. The summed E-state index contributed by atoms with van der Waals surface area (Å²) in [5, 5.41) is 21.3. The summed E-state index contributed by atoms with van der Waals surface area (Å²) in [5.74, 6) is 3.46. The highest BCUT2D eigenvalue weighted by molar-refractivity contribution is 5.25. The van der Waals surface area contributed by atoms with Crippen LogP contribution in [0.4, 0.5) is 0 Å². The molecule has 0 saturated heterocycles. The lowest BCUT2D eigenvalue weighted by Crippen LogP contribution is -2.50. The summed E-state index contributed by atoms with van der Waals surface area (Å²) in [6.07, 6.45) is 20.2. The standard InChI is InChI=1S/C29H50O2/c1-5-15-29(31,16-6-2)17-7-8-21-10-12-25-24-11-9-22-20-23(30)13-18-28(22,4)26(24)14-19-27(21,25)3/h9,21,23-26,30-31H,5-8,10-20H2,1-4H3. The van der Waals surface area contributed by atoms with Crippen molar-refractivity contribution in [3.8, 4) is 0 Å². The highest BCUT2D eigenvalue weighted by Crippen LogP contribution is 2.66. The summed E-state index contributed by atoms with van der Waals surface area (Å²) in [6.45, 7) is 9.60. The second-order valence-corrected chi connectivity index (χ2v) is 12.6. The van der Waals surface area contributed by atoms with Gasteiger partial charge in [0.1, 0.15) is 0 Å². The maximum atomic E-state index is 11.1. The van der Waals surface area contributed by atoms with Crippen molar-refractivity contribution in [1.82, 2.24) is 0 Å². The SMILES string of the molecule is CCCC(O)(CCC)CCCC1CCC2C3CC=C4CC(O)CCC4(C)C3CCC12C. The molecule has 3 saturated carbocycles. The van der Waals surface area contributed by atoms with E-state index in [0.717, 1.165) is 68.6 Å². The molecule has 0 aromatic rings. The Kier molecular flexibility index (Phi) is 7.01. The minimum atomic E-state index is -0.412. The van der Waals surface area contributed by atoms with E-state index in [2.05, 4.69) is 33.8 Å². The van der Waals surface area contributed by atoms with E-state index in [1.54, 1.807) is 5.57 Å². The largest absolute Gasteiger partial charge is 0.393 e. The van der Waals surface area contributed by atoms with Crippen LogP contribution in [0.5, 0.6) is 0 Å². The molecule has 2 nitrogen and oxygen atoms in total. The molecular weight excluding hydrogens is 380 g/mol. The van der Waals surface area contributed by atoms with Crippen LogP contribution >= 0.6 is 0 Å². The van der Waals surface area contributed by atoms with Gasteiger partial charge in [-0.1, -0.05) is 58.6 Å². The van der Waals surface area contributed by atoms with E-state index >= 15 is 0 Å². The molecule has 0 aliphatic heterocycles. The fourth-order valence-corrected chi connectivity index (χ4v) is 9.21. The first-order valence-corrected chi connectivity index (χ1v) is 13.9. The van der Waals surface area contributed by atoms with Gasteiger partial charge in [0, 0.05) is 0 Å². The summed E-state index contributed by atoms with van der Waals surface area (Å²) < 4.78 is 0. The first-order chi connectivity index (χ1) is 14.8. The van der Waals surface area contributed by atoms with Crippen molar-refractivity contribution in [1.29, 1.82) is 0 Å². The van der Waals surface area contributed by atoms with Crippen molar-refractivity contribution >= 4 is 0 Å². The molecule has 7 unspecified atom stereocenters. The average Bonchev–Trinajstić information content (AvgIpc) is 3.05. The Morgan fingerprint density at radius 2 is 1.71 bits per heavy atom. The summed E-state index contributed by atoms with van der Waals surface area (Å²) in [6, 6.07) is 0. The van der Waals surface area contributed by atoms with Gasteiger partial charge < -0.3 is 10.2 Å². The molecule has 178 valence electrons. The number of hydrogen-bond donors (Lipinski definition) is 2. The zero-order chi connectivity index (χ0) is 22.3. The molecule has 0 radical (unpaired) electrons. The predicted octanol–water partition coefficient (Wildman–Crippen LogP) is 7.43. The van der Waals surface area contributed by atoms with E-state index in [1.807, 2.05) is 0 Å². The maximum Gasteiger partial charge on any atom is 0.0647 e. The van der Waals surface area contributed by atoms with Gasteiger partial charge in [0.15, 0.2) is 0 Å². The normalized spacial score (nSPS) is 42.5. The van der Waals surface area contributed by atoms with E-state index < -0.39 is 5.60 Å². The van der Waals surface area contributed by atoms with Crippen LogP contribution in [-0.4, -0.2) is 21.9 Å². The molecule has 0 aromatic heterocycles. The Labute approximate surface area is 192 Å². The molecule has 4 aliphatic carbocycles. The van der Waals surface area contributed by atoms with Gasteiger partial charge in [-0.15, -0.1) is 0 Å². The van der Waals surface area contributed by atoms with Gasteiger partial charge in [-0.05, 0) is 112 Å². The van der Waals surface area contributed by atoms with Crippen LogP contribution in [0.2, 0.25) is 0 Å². The summed E-state index contributed by atoms with van der Waals surface area (Å²) >= 11 is 0. The van der Waals surface area contributed by atoms with E-state index in [9.17, 15) is 10.2 Å². The summed E-state index contributed by atoms with van der Waals surface area (Å²) in [7, 11) is 0. The van der Waals surface area contributed by atoms with Crippen LogP contribution in [0.15, 0.2) is 11.6 Å². The van der Waals surface area contributed by atoms with Crippen molar-refractivity contribution in [2.75, 3.05) is 0 Å². The van der Waals surface area contributed by atoms with Gasteiger partial charge in [0.05, 0.1) is 11.7 Å². The zero-order valence-corrected chi connectivity index (χ0v) is 21.0. The van der Waals surface area contributed by atoms with Crippen molar-refractivity contribution in [2.24, 2.45) is 34.5 Å². The Morgan fingerprint density at radius 1 is 0.968 bits per heavy atom. The van der Waals surface area contributed by atoms with E-state index in [0.29, 0.717) is 10.8 Å². The Bertz CT molecular complexity index is 647. The minimum absolute atomic E-state index is 0.0975. The third kappa shape index (κ3) is 4.30. The maximum absolute atomic E-state index is 11.1. The van der Waals surface area contributed by atoms with Gasteiger partial charge in [-0.25, -0.2) is 0 Å². The smallest absolute Gasteiger partial charge is 0.0647 e. The van der Waals surface area contributed by atoms with Crippen LogP contribution < -0.4 is 0 Å². The molecule has 3 fully saturated rings. The Balaban J connectivity index is 1.41. The lowest BCUT2D eigenvalue weighted by atomic mass is 9.47. The van der Waals surface area contributed by atoms with E-state index in [1.165, 1.54) is 51.4 Å². The van der Waals surface area contributed by atoms with Crippen molar-refractivity contribution in [2.45, 2.75) is 136 Å². The number of fused-ring (bicyclic) bond motifs is 5. The first-order valence-electron chi connectivity index (χ1n) is 13.9. The number of allylic oxidation sites excluding steroid dienone is 1. The van der Waals surface area contributed by atoms with Crippen LogP contribution in [0.1, 0.15) is 124 Å². The Morgan fingerprint density at radius 3 is 2.42 bits per heavy atom. The summed E-state index contributed by atoms with van der Waals surface area (Å²) in [5.41, 5.74) is 2.06. The third-order valence-corrected chi connectivity index (χ3v) is 10.9. The quantitative estimate of drug-likeness (QED) is 0.393. The molecular formula is C29H50O2. The Hall–Kier alpha value is -0.340. The zero-order valence-electron chi connectivity index (χ0n) is 21.0. The van der Waals surface area contributed by atoms with Crippen molar-refractivity contribution in [3.05, 3.63) is 11.6 Å². The predicted molar refractivity (Wildman–Crippen MR) is 130 cm³/mol. The third-order valence-electron chi connectivity index (χ3n) is 10.9. The molecule has 0 aromatic carbocycles. The summed E-state index contributed by atoms with van der Waals surface area (Å²) in [4.78, 5) is 0. The molecule has 7 atom stereocenters. The second kappa shape index (κ2) is 9.13. The molecule has 0 amide bonds. The van der Waals surface area contributed by atoms with Crippen LogP contribution in [-0.2, 0) is 0 Å². The van der Waals surface area contributed by atoms with E-state index in [-0.39, 0.29) is 6.10 Å². The minimum Gasteiger partial charge on any atom is -0.393 e. The number of hydrogen-bond acceptors (Lipinski definition) is 2. The van der Waals surface area contributed by atoms with Gasteiger partial charge in [0.25, 0.3) is 0 Å². The van der Waals surface area contributed by atoms with Crippen LogP contribution in [0, 0.1) is 34.5 Å². The molecule has 0 bridgehead atoms. The molecule has 0 heterocycles. The van der Waals surface area contributed by atoms with E-state index in [4.69, 9.17) is 0 Å². The molecule has 31 heavy (non-hydrogen) atoms. The monoisotopic (exact) mass is 430 g/mol. The molecule has 2 N–H and O–H groups in total. The number of rotatable bonds is 8. The first kappa shape index (κ1) is 23.8. The van der Waals surface area contributed by atoms with Gasteiger partial charge in [-0.3, -0.25) is 0 Å². The van der Waals surface area contributed by atoms with Gasteiger partial charge in [0.2, 0.25) is 0 Å². The van der Waals surface area contributed by atoms with Crippen LogP contribution in [0.25, 0.3) is 0 Å². The molecule has 4 rings (SSSR count). The number of aliphatic hydroxyl groups is 2.